The first-order chi connectivity index (χ1) is 14.2. The van der Waals surface area contributed by atoms with Crippen LogP contribution in [-0.4, -0.2) is 10.9 Å². The number of thiazole rings is 1. The zero-order valence-electron chi connectivity index (χ0n) is 17.8. The molecular formula is C24H28ClN3OS. The van der Waals surface area contributed by atoms with E-state index in [1.807, 2.05) is 53.9 Å². The van der Waals surface area contributed by atoms with Crippen LogP contribution in [0.5, 0.6) is 0 Å². The fourth-order valence-corrected chi connectivity index (χ4v) is 4.43. The second kappa shape index (κ2) is 9.63. The Bertz CT molecular complexity index is 992. The van der Waals surface area contributed by atoms with E-state index in [1.165, 1.54) is 11.3 Å². The van der Waals surface area contributed by atoms with E-state index in [0.29, 0.717) is 17.4 Å². The van der Waals surface area contributed by atoms with E-state index in [1.54, 1.807) is 0 Å². The van der Waals surface area contributed by atoms with Crippen molar-refractivity contribution in [1.82, 2.24) is 4.98 Å². The summed E-state index contributed by atoms with van der Waals surface area (Å²) in [5.41, 5.74) is 3.74. The number of para-hydroxylation sites is 1. The summed E-state index contributed by atoms with van der Waals surface area (Å²) in [6, 6.07) is 15.4. The SMILES string of the molecule is CC(CC(=O)Nc1ccc(-c2csc(Nc3ccccc3Cl)n2)cc1)CC(C)(C)C. The van der Waals surface area contributed by atoms with Gasteiger partial charge in [0.05, 0.1) is 16.4 Å². The third kappa shape index (κ3) is 6.57. The van der Waals surface area contributed by atoms with E-state index in [-0.39, 0.29) is 11.3 Å². The Hall–Kier alpha value is -2.37. The fourth-order valence-electron chi connectivity index (χ4n) is 3.51. The number of hydrogen-bond donors (Lipinski definition) is 2. The average molecular weight is 442 g/mol. The van der Waals surface area contributed by atoms with Crippen molar-refractivity contribution < 1.29 is 4.79 Å². The molecule has 0 fully saturated rings. The molecule has 158 valence electrons. The molecule has 2 N–H and O–H groups in total. The van der Waals surface area contributed by atoms with Crippen molar-refractivity contribution in [3.8, 4) is 11.3 Å². The molecular weight excluding hydrogens is 414 g/mol. The van der Waals surface area contributed by atoms with Gasteiger partial charge in [0.2, 0.25) is 5.91 Å². The van der Waals surface area contributed by atoms with Gasteiger partial charge in [0, 0.05) is 23.1 Å². The largest absolute Gasteiger partial charge is 0.330 e. The smallest absolute Gasteiger partial charge is 0.224 e. The van der Waals surface area contributed by atoms with Crippen molar-refractivity contribution in [2.75, 3.05) is 10.6 Å². The molecule has 0 saturated carbocycles. The highest BCUT2D eigenvalue weighted by molar-refractivity contribution is 7.14. The summed E-state index contributed by atoms with van der Waals surface area (Å²) >= 11 is 7.72. The summed E-state index contributed by atoms with van der Waals surface area (Å²) in [7, 11) is 0. The van der Waals surface area contributed by atoms with Gasteiger partial charge in [-0.3, -0.25) is 4.79 Å². The van der Waals surface area contributed by atoms with Gasteiger partial charge < -0.3 is 10.6 Å². The number of hydrogen-bond acceptors (Lipinski definition) is 4. The van der Waals surface area contributed by atoms with Crippen molar-refractivity contribution in [3.05, 3.63) is 58.9 Å². The average Bonchev–Trinajstić information content (AvgIpc) is 3.11. The Kier molecular flexibility index (Phi) is 7.16. The predicted molar refractivity (Wildman–Crippen MR) is 129 cm³/mol. The van der Waals surface area contributed by atoms with E-state index < -0.39 is 0 Å². The molecule has 0 spiro atoms. The number of amides is 1. The van der Waals surface area contributed by atoms with Crippen LogP contribution in [0.3, 0.4) is 0 Å². The van der Waals surface area contributed by atoms with Crippen LogP contribution in [0.2, 0.25) is 5.02 Å². The number of carbonyl (C=O) groups excluding carboxylic acids is 1. The maximum Gasteiger partial charge on any atom is 0.224 e. The predicted octanol–water partition coefficient (Wildman–Crippen LogP) is 7.61. The molecule has 6 heteroatoms. The van der Waals surface area contributed by atoms with Crippen LogP contribution in [0.1, 0.15) is 40.5 Å². The van der Waals surface area contributed by atoms with E-state index in [9.17, 15) is 4.79 Å². The standard InChI is InChI=1S/C24H28ClN3OS/c1-16(14-24(2,3)4)13-22(29)26-18-11-9-17(10-12-18)21-15-30-23(28-21)27-20-8-6-5-7-19(20)25/h5-12,15-16H,13-14H2,1-4H3,(H,26,29)(H,27,28). The van der Waals surface area contributed by atoms with Gasteiger partial charge in [-0.25, -0.2) is 4.98 Å². The van der Waals surface area contributed by atoms with Crippen molar-refractivity contribution in [3.63, 3.8) is 0 Å². The molecule has 4 nitrogen and oxygen atoms in total. The van der Waals surface area contributed by atoms with Gasteiger partial charge in [-0.05, 0) is 42.0 Å². The van der Waals surface area contributed by atoms with Gasteiger partial charge >= 0.3 is 0 Å². The van der Waals surface area contributed by atoms with Gasteiger partial charge in [-0.15, -0.1) is 11.3 Å². The molecule has 30 heavy (non-hydrogen) atoms. The van der Waals surface area contributed by atoms with Crippen LogP contribution in [0.25, 0.3) is 11.3 Å². The Morgan fingerprint density at radius 2 is 1.83 bits per heavy atom. The number of halogens is 1. The molecule has 1 unspecified atom stereocenters. The van der Waals surface area contributed by atoms with Gasteiger partial charge in [-0.2, -0.15) is 0 Å². The molecule has 0 bridgehead atoms. The molecule has 1 heterocycles. The lowest BCUT2D eigenvalue weighted by Crippen LogP contribution is -2.18. The van der Waals surface area contributed by atoms with Crippen molar-refractivity contribution in [2.24, 2.45) is 11.3 Å². The number of carbonyl (C=O) groups is 1. The van der Waals surface area contributed by atoms with E-state index >= 15 is 0 Å². The highest BCUT2D eigenvalue weighted by Crippen LogP contribution is 2.31. The van der Waals surface area contributed by atoms with Crippen LogP contribution >= 0.6 is 22.9 Å². The normalized spacial score (nSPS) is 12.4. The lowest BCUT2D eigenvalue weighted by Gasteiger charge is -2.22. The topological polar surface area (TPSA) is 54.0 Å². The minimum atomic E-state index is 0.0550. The third-order valence-electron chi connectivity index (χ3n) is 4.58. The highest BCUT2D eigenvalue weighted by Gasteiger charge is 2.18. The van der Waals surface area contributed by atoms with Crippen LogP contribution in [-0.2, 0) is 4.79 Å². The summed E-state index contributed by atoms with van der Waals surface area (Å²) < 4.78 is 0. The Labute approximate surface area is 187 Å². The van der Waals surface area contributed by atoms with Crippen LogP contribution in [0.4, 0.5) is 16.5 Å². The quantitative estimate of drug-likeness (QED) is 0.396. The molecule has 0 aliphatic rings. The third-order valence-corrected chi connectivity index (χ3v) is 5.67. The first-order valence-corrected chi connectivity index (χ1v) is 11.3. The van der Waals surface area contributed by atoms with E-state index in [0.717, 1.165) is 34.2 Å². The molecule has 1 aromatic heterocycles. The van der Waals surface area contributed by atoms with E-state index in [4.69, 9.17) is 11.6 Å². The molecule has 1 amide bonds. The first kappa shape index (κ1) is 22.3. The van der Waals surface area contributed by atoms with Crippen molar-refractivity contribution in [2.45, 2.75) is 40.5 Å². The minimum absolute atomic E-state index is 0.0550. The number of nitrogens with zero attached hydrogens (tertiary/aromatic N) is 1. The molecule has 0 aliphatic carbocycles. The summed E-state index contributed by atoms with van der Waals surface area (Å²) in [5.74, 6) is 0.405. The first-order valence-electron chi connectivity index (χ1n) is 10.1. The lowest BCUT2D eigenvalue weighted by atomic mass is 9.84. The second-order valence-electron chi connectivity index (χ2n) is 8.84. The van der Waals surface area contributed by atoms with Crippen LogP contribution < -0.4 is 10.6 Å². The molecule has 2 aromatic carbocycles. The van der Waals surface area contributed by atoms with Gasteiger partial charge in [0.1, 0.15) is 0 Å². The maximum absolute atomic E-state index is 12.3. The molecule has 0 radical (unpaired) electrons. The monoisotopic (exact) mass is 441 g/mol. The zero-order chi connectivity index (χ0) is 21.7. The van der Waals surface area contributed by atoms with Gasteiger partial charge in [0.15, 0.2) is 5.13 Å². The summed E-state index contributed by atoms with van der Waals surface area (Å²) in [6.45, 7) is 8.74. The number of anilines is 3. The van der Waals surface area contributed by atoms with Crippen molar-refractivity contribution in [1.29, 1.82) is 0 Å². The lowest BCUT2D eigenvalue weighted by molar-refractivity contribution is -0.117. The summed E-state index contributed by atoms with van der Waals surface area (Å²) in [5, 5.41) is 9.69. The van der Waals surface area contributed by atoms with E-state index in [2.05, 4.69) is 43.3 Å². The van der Waals surface area contributed by atoms with Crippen molar-refractivity contribution >= 4 is 45.4 Å². The van der Waals surface area contributed by atoms with Gasteiger partial charge in [0.25, 0.3) is 0 Å². The number of nitrogens with one attached hydrogen (secondary N) is 2. The van der Waals surface area contributed by atoms with Crippen LogP contribution in [0.15, 0.2) is 53.9 Å². The summed E-state index contributed by atoms with van der Waals surface area (Å²) in [6.07, 6.45) is 1.55. The second-order valence-corrected chi connectivity index (χ2v) is 10.1. The maximum atomic E-state index is 12.3. The molecule has 0 saturated heterocycles. The Balaban J connectivity index is 1.59. The fraction of sp³-hybridized carbons (Fsp3) is 0.333. The summed E-state index contributed by atoms with van der Waals surface area (Å²) in [4.78, 5) is 17.0. The molecule has 1 atom stereocenters. The minimum Gasteiger partial charge on any atom is -0.330 e. The van der Waals surface area contributed by atoms with Crippen LogP contribution in [0, 0.1) is 11.3 Å². The molecule has 3 rings (SSSR count). The zero-order valence-corrected chi connectivity index (χ0v) is 19.4. The number of benzene rings is 2. The Morgan fingerprint density at radius 3 is 2.50 bits per heavy atom. The van der Waals surface area contributed by atoms with Gasteiger partial charge in [-0.1, -0.05) is 63.6 Å². The number of rotatable bonds is 7. The highest BCUT2D eigenvalue weighted by atomic mass is 35.5. The Morgan fingerprint density at radius 1 is 1.13 bits per heavy atom. The molecule has 0 aliphatic heterocycles. The number of aromatic nitrogens is 1. The molecule has 3 aromatic rings.